The zero-order valence-electron chi connectivity index (χ0n) is 14.2. The second-order valence-electron chi connectivity index (χ2n) is 5.32. The third-order valence-electron chi connectivity index (χ3n) is 3.75. The second kappa shape index (κ2) is 8.71. The van der Waals surface area contributed by atoms with E-state index in [1.54, 1.807) is 44.6 Å². The first-order chi connectivity index (χ1) is 12.1. The van der Waals surface area contributed by atoms with Gasteiger partial charge in [-0.1, -0.05) is 6.07 Å². The summed E-state index contributed by atoms with van der Waals surface area (Å²) < 4.78 is 10.5. The number of nitriles is 1. The molecule has 130 valence electrons. The molecule has 0 spiro atoms. The normalized spacial score (nSPS) is 10.0. The van der Waals surface area contributed by atoms with Crippen LogP contribution in [0, 0.1) is 11.3 Å². The fraction of sp³-hybridized carbons (Fsp3) is 0.263. The van der Waals surface area contributed by atoms with E-state index in [1.165, 1.54) is 11.0 Å². The summed E-state index contributed by atoms with van der Waals surface area (Å²) in [5, 5.41) is 18.3. The van der Waals surface area contributed by atoms with Crippen molar-refractivity contribution in [3.05, 3.63) is 59.2 Å². The fourth-order valence-electron chi connectivity index (χ4n) is 2.47. The highest BCUT2D eigenvalue weighted by Gasteiger charge is 2.18. The second-order valence-corrected chi connectivity index (χ2v) is 5.32. The van der Waals surface area contributed by atoms with Crippen molar-refractivity contribution in [1.82, 2.24) is 4.90 Å². The van der Waals surface area contributed by atoms with Gasteiger partial charge in [-0.05, 0) is 30.3 Å². The highest BCUT2D eigenvalue weighted by molar-refractivity contribution is 5.94. The van der Waals surface area contributed by atoms with Gasteiger partial charge in [0, 0.05) is 30.3 Å². The molecule has 0 atom stereocenters. The minimum absolute atomic E-state index is 0.165. The molecule has 2 aromatic rings. The summed E-state index contributed by atoms with van der Waals surface area (Å²) in [6, 6.07) is 13.9. The van der Waals surface area contributed by atoms with E-state index in [0.29, 0.717) is 22.6 Å². The smallest absolute Gasteiger partial charge is 0.254 e. The minimum atomic E-state index is -0.260. The number of amides is 1. The molecular weight excluding hydrogens is 320 g/mol. The highest BCUT2D eigenvalue weighted by atomic mass is 16.5. The van der Waals surface area contributed by atoms with Gasteiger partial charge in [-0.25, -0.2) is 0 Å². The van der Waals surface area contributed by atoms with Crippen LogP contribution >= 0.6 is 0 Å². The molecule has 0 aliphatic carbocycles. The predicted molar refractivity (Wildman–Crippen MR) is 92.5 cm³/mol. The van der Waals surface area contributed by atoms with E-state index in [0.717, 1.165) is 5.56 Å². The molecule has 0 aliphatic heterocycles. The summed E-state index contributed by atoms with van der Waals surface area (Å²) in [5.74, 6) is 0.993. The molecule has 0 aliphatic rings. The van der Waals surface area contributed by atoms with Crippen LogP contribution < -0.4 is 9.47 Å². The first-order valence-electron chi connectivity index (χ1n) is 7.74. The zero-order chi connectivity index (χ0) is 18.2. The van der Waals surface area contributed by atoms with Crippen molar-refractivity contribution in [3.63, 3.8) is 0 Å². The van der Waals surface area contributed by atoms with Crippen LogP contribution in [0.5, 0.6) is 11.5 Å². The van der Waals surface area contributed by atoms with Gasteiger partial charge in [0.15, 0.2) is 0 Å². The van der Waals surface area contributed by atoms with Crippen LogP contribution in [0.2, 0.25) is 0 Å². The maximum Gasteiger partial charge on any atom is 0.254 e. The number of methoxy groups -OCH3 is 2. The molecule has 1 amide bonds. The Morgan fingerprint density at radius 1 is 1.20 bits per heavy atom. The van der Waals surface area contributed by atoms with E-state index in [-0.39, 0.29) is 25.6 Å². The number of ether oxygens (including phenoxy) is 2. The summed E-state index contributed by atoms with van der Waals surface area (Å²) in [6.45, 7) is 0.274. The number of aliphatic hydroxyl groups excluding tert-OH is 1. The number of carbonyl (C=O) groups is 1. The Bertz CT molecular complexity index is 783. The fourth-order valence-corrected chi connectivity index (χ4v) is 2.47. The SMILES string of the molecule is COc1ccc(CN(CCO)C(=O)c2cccc(C#N)c2)c(OC)c1. The molecule has 0 unspecified atom stereocenters. The lowest BCUT2D eigenvalue weighted by Gasteiger charge is -2.23. The van der Waals surface area contributed by atoms with Crippen molar-refractivity contribution in [2.45, 2.75) is 6.54 Å². The van der Waals surface area contributed by atoms with Gasteiger partial charge in [-0.2, -0.15) is 5.26 Å². The van der Waals surface area contributed by atoms with Gasteiger partial charge in [-0.15, -0.1) is 0 Å². The molecule has 0 fully saturated rings. The summed E-state index contributed by atoms with van der Waals surface area (Å²) in [4.78, 5) is 14.3. The lowest BCUT2D eigenvalue weighted by molar-refractivity contribution is 0.0706. The van der Waals surface area contributed by atoms with Crippen LogP contribution in [-0.2, 0) is 6.54 Å². The highest BCUT2D eigenvalue weighted by Crippen LogP contribution is 2.26. The van der Waals surface area contributed by atoms with Gasteiger partial charge >= 0.3 is 0 Å². The topological polar surface area (TPSA) is 82.8 Å². The minimum Gasteiger partial charge on any atom is -0.497 e. The Kier molecular flexibility index (Phi) is 6.38. The van der Waals surface area contributed by atoms with Crippen molar-refractivity contribution in [3.8, 4) is 17.6 Å². The molecule has 0 bridgehead atoms. The molecule has 6 nitrogen and oxygen atoms in total. The van der Waals surface area contributed by atoms with Crippen molar-refractivity contribution < 1.29 is 19.4 Å². The number of aliphatic hydroxyl groups is 1. The Morgan fingerprint density at radius 2 is 2.00 bits per heavy atom. The predicted octanol–water partition coefficient (Wildman–Crippen LogP) is 2.21. The van der Waals surface area contributed by atoms with Gasteiger partial charge in [0.05, 0.1) is 32.5 Å². The van der Waals surface area contributed by atoms with E-state index in [1.807, 2.05) is 12.1 Å². The zero-order valence-corrected chi connectivity index (χ0v) is 14.2. The molecule has 0 saturated carbocycles. The third kappa shape index (κ3) is 4.49. The summed E-state index contributed by atoms with van der Waals surface area (Å²) in [6.07, 6.45) is 0. The van der Waals surface area contributed by atoms with Gasteiger partial charge in [0.1, 0.15) is 11.5 Å². The molecule has 6 heteroatoms. The number of benzene rings is 2. The summed E-state index contributed by atoms with van der Waals surface area (Å²) in [5.41, 5.74) is 1.61. The van der Waals surface area contributed by atoms with Crippen LogP contribution in [0.15, 0.2) is 42.5 Å². The van der Waals surface area contributed by atoms with Gasteiger partial charge < -0.3 is 19.5 Å². The van der Waals surface area contributed by atoms with Gasteiger partial charge in [-0.3, -0.25) is 4.79 Å². The first-order valence-corrected chi connectivity index (χ1v) is 7.74. The van der Waals surface area contributed by atoms with Crippen LogP contribution in [0.3, 0.4) is 0 Å². The Labute approximate surface area is 146 Å². The molecule has 2 aromatic carbocycles. The standard InChI is InChI=1S/C19H20N2O4/c1-24-17-7-6-16(18(11-17)25-2)13-21(8-9-22)19(23)15-5-3-4-14(10-15)12-20/h3-7,10-11,22H,8-9,13H2,1-2H3. The first kappa shape index (κ1) is 18.3. The number of rotatable bonds is 7. The van der Waals surface area contributed by atoms with E-state index >= 15 is 0 Å². The van der Waals surface area contributed by atoms with Crippen LogP contribution in [0.25, 0.3) is 0 Å². The summed E-state index contributed by atoms with van der Waals surface area (Å²) in [7, 11) is 3.12. The van der Waals surface area contributed by atoms with E-state index in [2.05, 4.69) is 0 Å². The van der Waals surface area contributed by atoms with Gasteiger partial charge in [0.25, 0.3) is 5.91 Å². The average molecular weight is 340 g/mol. The van der Waals surface area contributed by atoms with E-state index < -0.39 is 0 Å². The third-order valence-corrected chi connectivity index (χ3v) is 3.75. The van der Waals surface area contributed by atoms with E-state index in [4.69, 9.17) is 14.7 Å². The molecule has 0 aromatic heterocycles. The Hall–Kier alpha value is -3.04. The van der Waals surface area contributed by atoms with Crippen molar-refractivity contribution >= 4 is 5.91 Å². The molecule has 25 heavy (non-hydrogen) atoms. The quantitative estimate of drug-likeness (QED) is 0.835. The number of carbonyl (C=O) groups excluding carboxylic acids is 1. The van der Waals surface area contributed by atoms with Gasteiger partial charge in [0.2, 0.25) is 0 Å². The van der Waals surface area contributed by atoms with Crippen molar-refractivity contribution in [2.75, 3.05) is 27.4 Å². The molecule has 1 N–H and O–H groups in total. The number of nitrogens with zero attached hydrogens (tertiary/aromatic N) is 2. The van der Waals surface area contributed by atoms with Crippen molar-refractivity contribution in [2.24, 2.45) is 0 Å². The largest absolute Gasteiger partial charge is 0.497 e. The number of hydrogen-bond acceptors (Lipinski definition) is 5. The monoisotopic (exact) mass is 340 g/mol. The Morgan fingerprint density at radius 3 is 2.64 bits per heavy atom. The summed E-state index contributed by atoms with van der Waals surface area (Å²) >= 11 is 0. The van der Waals surface area contributed by atoms with Crippen LogP contribution in [-0.4, -0.2) is 43.3 Å². The molecular formula is C19H20N2O4. The van der Waals surface area contributed by atoms with Crippen LogP contribution in [0.1, 0.15) is 21.5 Å². The molecule has 0 radical (unpaired) electrons. The number of hydrogen-bond donors (Lipinski definition) is 1. The van der Waals surface area contributed by atoms with E-state index in [9.17, 15) is 9.90 Å². The lowest BCUT2D eigenvalue weighted by atomic mass is 10.1. The van der Waals surface area contributed by atoms with Crippen molar-refractivity contribution in [1.29, 1.82) is 5.26 Å². The molecule has 0 heterocycles. The Balaban J connectivity index is 2.29. The maximum absolute atomic E-state index is 12.8. The maximum atomic E-state index is 12.8. The lowest BCUT2D eigenvalue weighted by Crippen LogP contribution is -2.33. The average Bonchev–Trinajstić information content (AvgIpc) is 2.67. The van der Waals surface area contributed by atoms with Crippen LogP contribution in [0.4, 0.5) is 0 Å². The molecule has 2 rings (SSSR count). The molecule has 0 saturated heterocycles.